The summed E-state index contributed by atoms with van der Waals surface area (Å²) in [4.78, 5) is 8.74. The van der Waals surface area contributed by atoms with E-state index in [0.717, 1.165) is 53.1 Å². The molecular formula is C17H21BrN6O. The Bertz CT molecular complexity index is 808. The quantitative estimate of drug-likeness (QED) is 0.475. The molecule has 132 valence electrons. The molecule has 0 atom stereocenters. The van der Waals surface area contributed by atoms with Crippen LogP contribution in [0.4, 0.5) is 11.6 Å². The Balaban J connectivity index is 1.73. The second-order valence-electron chi connectivity index (χ2n) is 5.68. The Labute approximate surface area is 154 Å². The third-order valence-corrected chi connectivity index (χ3v) is 4.33. The van der Waals surface area contributed by atoms with Crippen molar-refractivity contribution in [1.29, 1.82) is 0 Å². The number of hydrogen-bond donors (Lipinski definition) is 3. The number of halogens is 1. The topological polar surface area (TPSA) is 87.4 Å². The largest absolute Gasteiger partial charge is 0.396 e. The van der Waals surface area contributed by atoms with E-state index >= 15 is 0 Å². The summed E-state index contributed by atoms with van der Waals surface area (Å²) < 4.78 is 2.62. The third kappa shape index (κ3) is 4.67. The highest BCUT2D eigenvalue weighted by molar-refractivity contribution is 9.10. The van der Waals surface area contributed by atoms with E-state index in [1.54, 1.807) is 16.9 Å². The standard InChI is InChI=1S/C17H21BrN6O/c18-14-12-22-24-16(21-11-13-5-4-6-19-10-13)9-15(23-17(14)24)20-7-2-1-3-8-25/h4-6,9-10,12,21,25H,1-3,7-8,11H2,(H,20,23). The summed E-state index contributed by atoms with van der Waals surface area (Å²) in [6.07, 6.45) is 8.16. The molecule has 0 radical (unpaired) electrons. The van der Waals surface area contributed by atoms with Crippen LogP contribution in [0, 0.1) is 0 Å². The highest BCUT2D eigenvalue weighted by atomic mass is 79.9. The van der Waals surface area contributed by atoms with Gasteiger partial charge in [-0.15, -0.1) is 0 Å². The van der Waals surface area contributed by atoms with Gasteiger partial charge in [0.25, 0.3) is 0 Å². The van der Waals surface area contributed by atoms with Crippen LogP contribution in [0.1, 0.15) is 24.8 Å². The average Bonchev–Trinajstić information content (AvgIpc) is 3.02. The zero-order chi connectivity index (χ0) is 17.5. The summed E-state index contributed by atoms with van der Waals surface area (Å²) in [5, 5.41) is 19.9. The van der Waals surface area contributed by atoms with Crippen LogP contribution < -0.4 is 10.6 Å². The molecule has 0 amide bonds. The first kappa shape index (κ1) is 17.6. The molecule has 0 aromatic carbocycles. The zero-order valence-electron chi connectivity index (χ0n) is 13.8. The zero-order valence-corrected chi connectivity index (χ0v) is 15.4. The number of hydrogen-bond acceptors (Lipinski definition) is 6. The van der Waals surface area contributed by atoms with Crippen molar-refractivity contribution in [2.24, 2.45) is 0 Å². The molecule has 3 aromatic rings. The van der Waals surface area contributed by atoms with Gasteiger partial charge in [-0.25, -0.2) is 4.98 Å². The van der Waals surface area contributed by atoms with E-state index in [-0.39, 0.29) is 6.61 Å². The molecule has 7 nitrogen and oxygen atoms in total. The minimum atomic E-state index is 0.245. The predicted octanol–water partition coefficient (Wildman–Crippen LogP) is 3.07. The third-order valence-electron chi connectivity index (χ3n) is 3.77. The maximum atomic E-state index is 8.84. The Morgan fingerprint density at radius 2 is 2.08 bits per heavy atom. The van der Waals surface area contributed by atoms with Gasteiger partial charge in [-0.1, -0.05) is 6.07 Å². The molecule has 0 saturated carbocycles. The molecular weight excluding hydrogens is 384 g/mol. The van der Waals surface area contributed by atoms with Gasteiger partial charge in [-0.05, 0) is 46.8 Å². The van der Waals surface area contributed by atoms with Gasteiger partial charge < -0.3 is 15.7 Å². The molecule has 0 unspecified atom stereocenters. The smallest absolute Gasteiger partial charge is 0.173 e. The normalized spacial score (nSPS) is 11.0. The van der Waals surface area contributed by atoms with Crippen LogP contribution in [-0.2, 0) is 6.54 Å². The first-order valence-electron chi connectivity index (χ1n) is 8.29. The van der Waals surface area contributed by atoms with E-state index in [1.165, 1.54) is 0 Å². The van der Waals surface area contributed by atoms with Crippen LogP contribution in [0.2, 0.25) is 0 Å². The van der Waals surface area contributed by atoms with Crippen molar-refractivity contribution in [3.63, 3.8) is 0 Å². The number of unbranched alkanes of at least 4 members (excludes halogenated alkanes) is 2. The molecule has 0 aliphatic heterocycles. The number of anilines is 2. The van der Waals surface area contributed by atoms with Crippen molar-refractivity contribution in [2.75, 3.05) is 23.8 Å². The lowest BCUT2D eigenvalue weighted by molar-refractivity contribution is 0.283. The van der Waals surface area contributed by atoms with Gasteiger partial charge in [-0.3, -0.25) is 4.98 Å². The summed E-state index contributed by atoms with van der Waals surface area (Å²) in [5.74, 6) is 1.66. The minimum Gasteiger partial charge on any atom is -0.396 e. The maximum absolute atomic E-state index is 8.84. The lowest BCUT2D eigenvalue weighted by Gasteiger charge is -2.12. The van der Waals surface area contributed by atoms with Crippen LogP contribution in [0.5, 0.6) is 0 Å². The number of fused-ring (bicyclic) bond motifs is 1. The van der Waals surface area contributed by atoms with Crippen LogP contribution in [-0.4, -0.2) is 37.8 Å². The second kappa shape index (κ2) is 8.77. The maximum Gasteiger partial charge on any atom is 0.173 e. The SMILES string of the molecule is OCCCCCNc1cc(NCc2cccnc2)n2ncc(Br)c2n1. The van der Waals surface area contributed by atoms with Gasteiger partial charge in [-0.2, -0.15) is 9.61 Å². The lowest BCUT2D eigenvalue weighted by Crippen LogP contribution is -2.09. The molecule has 0 aliphatic carbocycles. The monoisotopic (exact) mass is 404 g/mol. The summed E-state index contributed by atoms with van der Waals surface area (Å²) in [5.41, 5.74) is 1.85. The summed E-state index contributed by atoms with van der Waals surface area (Å²) in [6.45, 7) is 1.72. The number of nitrogens with one attached hydrogen (secondary N) is 2. The van der Waals surface area contributed by atoms with Crippen molar-refractivity contribution in [2.45, 2.75) is 25.8 Å². The summed E-state index contributed by atoms with van der Waals surface area (Å²) in [6, 6.07) is 5.90. The highest BCUT2D eigenvalue weighted by Crippen LogP contribution is 2.22. The number of aliphatic hydroxyl groups is 1. The van der Waals surface area contributed by atoms with Crippen molar-refractivity contribution >= 4 is 33.2 Å². The fourth-order valence-electron chi connectivity index (χ4n) is 2.48. The molecule has 3 N–H and O–H groups in total. The van der Waals surface area contributed by atoms with Crippen molar-refractivity contribution in [3.8, 4) is 0 Å². The van der Waals surface area contributed by atoms with Crippen LogP contribution in [0.3, 0.4) is 0 Å². The Kier molecular flexibility index (Phi) is 6.19. The van der Waals surface area contributed by atoms with Crippen LogP contribution in [0.25, 0.3) is 5.65 Å². The number of aromatic nitrogens is 4. The Morgan fingerprint density at radius 3 is 2.88 bits per heavy atom. The van der Waals surface area contributed by atoms with Crippen molar-refractivity contribution in [1.82, 2.24) is 19.6 Å². The fourth-order valence-corrected chi connectivity index (χ4v) is 2.83. The van der Waals surface area contributed by atoms with E-state index in [0.29, 0.717) is 6.54 Å². The van der Waals surface area contributed by atoms with Gasteiger partial charge in [0.2, 0.25) is 0 Å². The number of nitrogens with zero attached hydrogens (tertiary/aromatic N) is 4. The van der Waals surface area contributed by atoms with Crippen LogP contribution in [0.15, 0.2) is 41.3 Å². The molecule has 0 bridgehead atoms. The Morgan fingerprint density at radius 1 is 1.16 bits per heavy atom. The molecule has 8 heteroatoms. The molecule has 3 aromatic heterocycles. The highest BCUT2D eigenvalue weighted by Gasteiger charge is 2.10. The molecule has 25 heavy (non-hydrogen) atoms. The van der Waals surface area contributed by atoms with Gasteiger partial charge in [0.05, 0.1) is 10.7 Å². The van der Waals surface area contributed by atoms with Gasteiger partial charge >= 0.3 is 0 Å². The fraction of sp³-hybridized carbons (Fsp3) is 0.353. The number of aliphatic hydroxyl groups excluding tert-OH is 1. The van der Waals surface area contributed by atoms with Crippen molar-refractivity contribution in [3.05, 3.63) is 46.8 Å². The lowest BCUT2D eigenvalue weighted by atomic mass is 10.2. The first-order valence-corrected chi connectivity index (χ1v) is 9.09. The van der Waals surface area contributed by atoms with E-state index in [1.807, 2.05) is 24.4 Å². The molecule has 3 rings (SSSR count). The number of rotatable bonds is 9. The van der Waals surface area contributed by atoms with Crippen LogP contribution >= 0.6 is 15.9 Å². The number of pyridine rings is 1. The molecule has 0 saturated heterocycles. The van der Waals surface area contributed by atoms with Crippen molar-refractivity contribution < 1.29 is 5.11 Å². The molecule has 0 aliphatic rings. The average molecular weight is 405 g/mol. The van der Waals surface area contributed by atoms with Gasteiger partial charge in [0.15, 0.2) is 5.65 Å². The van der Waals surface area contributed by atoms with E-state index in [2.05, 4.69) is 41.6 Å². The molecule has 3 heterocycles. The Hall–Kier alpha value is -2.19. The van der Waals surface area contributed by atoms with Gasteiger partial charge in [0.1, 0.15) is 11.6 Å². The molecule has 0 fully saturated rings. The summed E-state index contributed by atoms with van der Waals surface area (Å²) >= 11 is 3.49. The second-order valence-corrected chi connectivity index (χ2v) is 6.53. The van der Waals surface area contributed by atoms with E-state index in [4.69, 9.17) is 5.11 Å². The predicted molar refractivity (Wildman–Crippen MR) is 102 cm³/mol. The van der Waals surface area contributed by atoms with E-state index < -0.39 is 0 Å². The minimum absolute atomic E-state index is 0.245. The van der Waals surface area contributed by atoms with Gasteiger partial charge in [0, 0.05) is 38.2 Å². The molecule has 0 spiro atoms. The summed E-state index contributed by atoms with van der Waals surface area (Å²) in [7, 11) is 0. The van der Waals surface area contributed by atoms with E-state index in [9.17, 15) is 0 Å². The first-order chi connectivity index (χ1) is 12.3.